The highest BCUT2D eigenvalue weighted by molar-refractivity contribution is 5.76. The summed E-state index contributed by atoms with van der Waals surface area (Å²) in [5.41, 5.74) is 2.92. The first kappa shape index (κ1) is 13.2. The molecule has 1 N–H and O–H groups in total. The molecule has 4 rings (SSSR count). The summed E-state index contributed by atoms with van der Waals surface area (Å²) in [4.78, 5) is 13.0. The van der Waals surface area contributed by atoms with Crippen LogP contribution in [0.2, 0.25) is 0 Å². The average Bonchev–Trinajstić information content (AvgIpc) is 2.95. The summed E-state index contributed by atoms with van der Waals surface area (Å²) < 4.78 is 2.09. The highest BCUT2D eigenvalue weighted by Gasteiger charge is 2.19. The number of fused-ring (bicyclic) bond motifs is 1. The number of imidazole rings is 1. The van der Waals surface area contributed by atoms with Crippen LogP contribution in [0, 0.1) is 0 Å². The molecule has 3 aromatic rings. The molecule has 0 saturated heterocycles. The van der Waals surface area contributed by atoms with E-state index < -0.39 is 0 Å². The van der Waals surface area contributed by atoms with Crippen molar-refractivity contribution >= 4 is 11.5 Å². The number of rotatable bonds is 3. The monoisotopic (exact) mass is 293 g/mol. The first-order valence-electron chi connectivity index (χ1n) is 7.91. The fourth-order valence-electron chi connectivity index (χ4n) is 3.20. The second-order valence-electron chi connectivity index (χ2n) is 5.83. The standard InChI is InChI=1S/C17H19N5/c1-2-4-14(5-3-1)20-17-16(13-6-8-18-9-7-13)21-15-12-19-10-11-22(15)17/h6-12,14,20H,1-5H2. The summed E-state index contributed by atoms with van der Waals surface area (Å²) in [5.74, 6) is 1.07. The molecule has 0 spiro atoms. The summed E-state index contributed by atoms with van der Waals surface area (Å²) in [7, 11) is 0. The van der Waals surface area contributed by atoms with Gasteiger partial charge in [0, 0.05) is 36.4 Å². The molecule has 1 aliphatic rings. The highest BCUT2D eigenvalue weighted by atomic mass is 15.2. The Morgan fingerprint density at radius 3 is 2.64 bits per heavy atom. The van der Waals surface area contributed by atoms with Gasteiger partial charge in [0.1, 0.15) is 11.5 Å². The van der Waals surface area contributed by atoms with Gasteiger partial charge in [-0.3, -0.25) is 14.4 Å². The van der Waals surface area contributed by atoms with Crippen molar-refractivity contribution in [2.45, 2.75) is 38.1 Å². The number of pyridine rings is 1. The number of nitrogens with zero attached hydrogens (tertiary/aromatic N) is 4. The van der Waals surface area contributed by atoms with Crippen LogP contribution < -0.4 is 5.32 Å². The van der Waals surface area contributed by atoms with Crippen LogP contribution in [0.5, 0.6) is 0 Å². The zero-order valence-corrected chi connectivity index (χ0v) is 12.4. The topological polar surface area (TPSA) is 55.1 Å². The number of aromatic nitrogens is 4. The molecule has 3 aromatic heterocycles. The third-order valence-electron chi connectivity index (χ3n) is 4.33. The van der Waals surface area contributed by atoms with E-state index in [1.165, 1.54) is 32.1 Å². The van der Waals surface area contributed by atoms with E-state index in [0.717, 1.165) is 22.7 Å². The molecule has 0 aliphatic heterocycles. The van der Waals surface area contributed by atoms with Crippen molar-refractivity contribution in [1.29, 1.82) is 0 Å². The van der Waals surface area contributed by atoms with Gasteiger partial charge in [-0.15, -0.1) is 0 Å². The van der Waals surface area contributed by atoms with Gasteiger partial charge in [-0.25, -0.2) is 4.98 Å². The van der Waals surface area contributed by atoms with Crippen LogP contribution in [0.4, 0.5) is 5.82 Å². The fraction of sp³-hybridized carbons (Fsp3) is 0.353. The first-order valence-corrected chi connectivity index (χ1v) is 7.91. The molecule has 1 fully saturated rings. The minimum atomic E-state index is 0.530. The zero-order chi connectivity index (χ0) is 14.8. The van der Waals surface area contributed by atoms with Gasteiger partial charge in [0.05, 0.1) is 6.20 Å². The molecular formula is C17H19N5. The van der Waals surface area contributed by atoms with E-state index in [9.17, 15) is 0 Å². The van der Waals surface area contributed by atoms with E-state index in [2.05, 4.69) is 19.7 Å². The molecular weight excluding hydrogens is 274 g/mol. The summed E-state index contributed by atoms with van der Waals surface area (Å²) in [6.45, 7) is 0. The molecule has 0 unspecified atom stereocenters. The van der Waals surface area contributed by atoms with Crippen molar-refractivity contribution in [3.8, 4) is 11.3 Å². The van der Waals surface area contributed by atoms with Gasteiger partial charge in [-0.2, -0.15) is 0 Å². The normalized spacial score (nSPS) is 16.0. The van der Waals surface area contributed by atoms with Gasteiger partial charge in [0.2, 0.25) is 0 Å². The van der Waals surface area contributed by atoms with Crippen LogP contribution >= 0.6 is 0 Å². The van der Waals surface area contributed by atoms with E-state index in [1.807, 2.05) is 30.7 Å². The molecule has 22 heavy (non-hydrogen) atoms. The number of anilines is 1. The lowest BCUT2D eigenvalue weighted by atomic mass is 9.95. The average molecular weight is 293 g/mol. The first-order chi connectivity index (χ1) is 10.9. The lowest BCUT2D eigenvalue weighted by molar-refractivity contribution is 0.461. The quantitative estimate of drug-likeness (QED) is 0.802. The van der Waals surface area contributed by atoms with Gasteiger partial charge in [0.25, 0.3) is 0 Å². The van der Waals surface area contributed by atoms with Crippen molar-refractivity contribution in [1.82, 2.24) is 19.4 Å². The summed E-state index contributed by atoms with van der Waals surface area (Å²) in [6, 6.07) is 4.53. The maximum Gasteiger partial charge on any atom is 0.157 e. The summed E-state index contributed by atoms with van der Waals surface area (Å²) in [6.07, 6.45) is 15.6. The molecule has 0 atom stereocenters. The minimum absolute atomic E-state index is 0.530. The fourth-order valence-corrected chi connectivity index (χ4v) is 3.20. The smallest absolute Gasteiger partial charge is 0.157 e. The predicted molar refractivity (Wildman–Crippen MR) is 86.7 cm³/mol. The minimum Gasteiger partial charge on any atom is -0.367 e. The van der Waals surface area contributed by atoms with Gasteiger partial charge in [-0.05, 0) is 25.0 Å². The van der Waals surface area contributed by atoms with Gasteiger partial charge in [0.15, 0.2) is 5.65 Å². The molecule has 5 heteroatoms. The second kappa shape index (κ2) is 5.75. The summed E-state index contributed by atoms with van der Waals surface area (Å²) >= 11 is 0. The molecule has 1 saturated carbocycles. The van der Waals surface area contributed by atoms with Crippen LogP contribution in [-0.2, 0) is 0 Å². The third kappa shape index (κ3) is 2.43. The van der Waals surface area contributed by atoms with Crippen molar-refractivity contribution in [2.24, 2.45) is 0 Å². The Labute approximate surface area is 129 Å². The molecule has 1 aliphatic carbocycles. The van der Waals surface area contributed by atoms with Crippen molar-refractivity contribution in [2.75, 3.05) is 5.32 Å². The molecule has 3 heterocycles. The van der Waals surface area contributed by atoms with Crippen molar-refractivity contribution in [3.63, 3.8) is 0 Å². The number of hydrogen-bond acceptors (Lipinski definition) is 4. The predicted octanol–water partition coefficient (Wildman–Crippen LogP) is 3.54. The molecule has 0 bridgehead atoms. The molecule has 112 valence electrons. The van der Waals surface area contributed by atoms with Crippen LogP contribution in [0.3, 0.4) is 0 Å². The van der Waals surface area contributed by atoms with Crippen LogP contribution in [0.25, 0.3) is 16.9 Å². The van der Waals surface area contributed by atoms with Crippen molar-refractivity contribution < 1.29 is 0 Å². The zero-order valence-electron chi connectivity index (χ0n) is 12.4. The lowest BCUT2D eigenvalue weighted by Crippen LogP contribution is -2.23. The Morgan fingerprint density at radius 2 is 1.82 bits per heavy atom. The summed E-state index contributed by atoms with van der Waals surface area (Å²) in [5, 5.41) is 3.72. The second-order valence-corrected chi connectivity index (χ2v) is 5.83. The van der Waals surface area contributed by atoms with E-state index >= 15 is 0 Å². The van der Waals surface area contributed by atoms with Crippen LogP contribution in [0.1, 0.15) is 32.1 Å². The Balaban J connectivity index is 1.79. The Kier molecular flexibility index (Phi) is 3.46. The van der Waals surface area contributed by atoms with Crippen LogP contribution in [-0.4, -0.2) is 25.4 Å². The Bertz CT molecular complexity index is 759. The van der Waals surface area contributed by atoms with Crippen LogP contribution in [0.15, 0.2) is 43.1 Å². The molecule has 5 nitrogen and oxygen atoms in total. The van der Waals surface area contributed by atoms with Crippen molar-refractivity contribution in [3.05, 3.63) is 43.1 Å². The lowest BCUT2D eigenvalue weighted by Gasteiger charge is -2.24. The van der Waals surface area contributed by atoms with Gasteiger partial charge < -0.3 is 5.32 Å². The molecule has 0 aromatic carbocycles. The third-order valence-corrected chi connectivity index (χ3v) is 4.33. The number of nitrogens with one attached hydrogen (secondary N) is 1. The highest BCUT2D eigenvalue weighted by Crippen LogP contribution is 2.30. The maximum atomic E-state index is 4.76. The Morgan fingerprint density at radius 1 is 1.00 bits per heavy atom. The van der Waals surface area contributed by atoms with E-state index in [0.29, 0.717) is 6.04 Å². The number of hydrogen-bond donors (Lipinski definition) is 1. The molecule has 0 amide bonds. The Hall–Kier alpha value is -2.43. The van der Waals surface area contributed by atoms with E-state index in [1.54, 1.807) is 12.4 Å². The van der Waals surface area contributed by atoms with Gasteiger partial charge >= 0.3 is 0 Å². The maximum absolute atomic E-state index is 4.76. The largest absolute Gasteiger partial charge is 0.367 e. The molecule has 0 radical (unpaired) electrons. The van der Waals surface area contributed by atoms with E-state index in [4.69, 9.17) is 4.98 Å². The SMILES string of the molecule is c1cc(-c2nc3cnccn3c2NC2CCCCC2)ccn1. The van der Waals surface area contributed by atoms with E-state index in [-0.39, 0.29) is 0 Å². The van der Waals surface area contributed by atoms with Gasteiger partial charge in [-0.1, -0.05) is 19.3 Å².